The maximum atomic E-state index is 5.75. The SMILES string of the molecule is Brc1ccc2ncnc(Nc3ccc(OCc4noc(C5CC5)n4)cc3)c2c1. The summed E-state index contributed by atoms with van der Waals surface area (Å²) in [6, 6.07) is 13.6. The summed E-state index contributed by atoms with van der Waals surface area (Å²) in [6.07, 6.45) is 3.82. The molecular formula is C20H16BrN5O2. The van der Waals surface area contributed by atoms with E-state index in [0.29, 0.717) is 11.7 Å². The number of hydrogen-bond donors (Lipinski definition) is 1. The molecule has 140 valence electrons. The van der Waals surface area contributed by atoms with E-state index in [1.165, 1.54) is 0 Å². The molecule has 1 aliphatic rings. The highest BCUT2D eigenvalue weighted by Gasteiger charge is 2.29. The van der Waals surface area contributed by atoms with Crippen LogP contribution in [0.1, 0.15) is 30.5 Å². The minimum absolute atomic E-state index is 0.285. The van der Waals surface area contributed by atoms with E-state index in [4.69, 9.17) is 9.26 Å². The lowest BCUT2D eigenvalue weighted by Crippen LogP contribution is -1.99. The van der Waals surface area contributed by atoms with Crippen molar-refractivity contribution >= 4 is 38.3 Å². The third-order valence-corrected chi connectivity index (χ3v) is 4.99. The molecule has 2 aromatic heterocycles. The Labute approximate surface area is 169 Å². The number of hydrogen-bond acceptors (Lipinski definition) is 7. The van der Waals surface area contributed by atoms with Crippen LogP contribution in [0, 0.1) is 0 Å². The average molecular weight is 438 g/mol. The van der Waals surface area contributed by atoms with Gasteiger partial charge >= 0.3 is 0 Å². The smallest absolute Gasteiger partial charge is 0.229 e. The van der Waals surface area contributed by atoms with Crippen molar-refractivity contribution in [3.05, 3.63) is 65.0 Å². The van der Waals surface area contributed by atoms with Gasteiger partial charge in [-0.25, -0.2) is 9.97 Å². The van der Waals surface area contributed by atoms with Crippen LogP contribution >= 0.6 is 15.9 Å². The number of nitrogens with one attached hydrogen (secondary N) is 1. The fourth-order valence-corrected chi connectivity index (χ4v) is 3.23. The van der Waals surface area contributed by atoms with Gasteiger partial charge in [0, 0.05) is 21.5 Å². The Morgan fingerprint density at radius 1 is 1.11 bits per heavy atom. The van der Waals surface area contributed by atoms with Crippen molar-refractivity contribution in [3.8, 4) is 5.75 Å². The third kappa shape index (κ3) is 3.68. The lowest BCUT2D eigenvalue weighted by molar-refractivity contribution is 0.285. The Hall–Kier alpha value is -3.00. The molecular weight excluding hydrogens is 422 g/mol. The number of ether oxygens (including phenoxy) is 1. The summed E-state index contributed by atoms with van der Waals surface area (Å²) in [5, 5.41) is 8.24. The topological polar surface area (TPSA) is 86.0 Å². The van der Waals surface area contributed by atoms with Gasteiger partial charge in [0.1, 0.15) is 17.9 Å². The van der Waals surface area contributed by atoms with Crippen molar-refractivity contribution in [1.29, 1.82) is 0 Å². The van der Waals surface area contributed by atoms with Crippen LogP contribution in [0.5, 0.6) is 5.75 Å². The van der Waals surface area contributed by atoms with Gasteiger partial charge < -0.3 is 14.6 Å². The maximum Gasteiger partial charge on any atom is 0.229 e. The van der Waals surface area contributed by atoms with Crippen molar-refractivity contribution in [2.75, 3.05) is 5.32 Å². The normalized spacial score (nSPS) is 13.6. The molecule has 1 fully saturated rings. The highest BCUT2D eigenvalue weighted by atomic mass is 79.9. The minimum Gasteiger partial charge on any atom is -0.485 e. The van der Waals surface area contributed by atoms with Gasteiger partial charge in [-0.3, -0.25) is 0 Å². The zero-order valence-electron chi connectivity index (χ0n) is 14.8. The number of aromatic nitrogens is 4. The van der Waals surface area contributed by atoms with E-state index in [1.807, 2.05) is 42.5 Å². The van der Waals surface area contributed by atoms with Gasteiger partial charge in [-0.15, -0.1) is 0 Å². The number of benzene rings is 2. The van der Waals surface area contributed by atoms with E-state index >= 15 is 0 Å². The van der Waals surface area contributed by atoms with E-state index in [9.17, 15) is 0 Å². The van der Waals surface area contributed by atoms with Crippen molar-refractivity contribution in [1.82, 2.24) is 20.1 Å². The molecule has 0 saturated heterocycles. The summed E-state index contributed by atoms with van der Waals surface area (Å²) in [4.78, 5) is 13.0. The molecule has 2 heterocycles. The standard InChI is InChI=1S/C20H16BrN5O2/c21-13-3-8-17-16(9-13)19(23-11-22-17)24-14-4-6-15(7-5-14)27-10-18-25-20(28-26-18)12-1-2-12/h3-9,11-12H,1-2,10H2,(H,22,23,24). The average Bonchev–Trinajstić information content (AvgIpc) is 3.46. The van der Waals surface area contributed by atoms with Crippen LogP contribution in [0.4, 0.5) is 11.5 Å². The summed E-state index contributed by atoms with van der Waals surface area (Å²) in [7, 11) is 0. The quantitative estimate of drug-likeness (QED) is 0.455. The molecule has 2 aromatic carbocycles. The molecule has 0 spiro atoms. The van der Waals surface area contributed by atoms with Crippen LogP contribution < -0.4 is 10.1 Å². The molecule has 0 radical (unpaired) electrons. The molecule has 1 N–H and O–H groups in total. The van der Waals surface area contributed by atoms with Gasteiger partial charge in [0.2, 0.25) is 11.7 Å². The van der Waals surface area contributed by atoms with Gasteiger partial charge in [0.15, 0.2) is 6.61 Å². The maximum absolute atomic E-state index is 5.75. The fraction of sp³-hybridized carbons (Fsp3) is 0.200. The summed E-state index contributed by atoms with van der Waals surface area (Å²) < 4.78 is 12.0. The Balaban J connectivity index is 1.26. The van der Waals surface area contributed by atoms with Gasteiger partial charge in [0.05, 0.1) is 5.52 Å². The zero-order chi connectivity index (χ0) is 18.9. The molecule has 1 aliphatic carbocycles. The van der Waals surface area contributed by atoms with E-state index in [2.05, 4.69) is 41.4 Å². The van der Waals surface area contributed by atoms with Crippen LogP contribution in [-0.2, 0) is 6.61 Å². The lowest BCUT2D eigenvalue weighted by Gasteiger charge is -2.09. The third-order valence-electron chi connectivity index (χ3n) is 4.49. The second-order valence-corrected chi connectivity index (χ2v) is 7.56. The van der Waals surface area contributed by atoms with Crippen molar-refractivity contribution < 1.29 is 9.26 Å². The second-order valence-electron chi connectivity index (χ2n) is 6.64. The molecule has 0 amide bonds. The number of nitrogens with zero attached hydrogens (tertiary/aromatic N) is 4. The minimum atomic E-state index is 0.285. The second kappa shape index (κ2) is 7.20. The van der Waals surface area contributed by atoms with Gasteiger partial charge in [0.25, 0.3) is 0 Å². The first-order valence-corrected chi connectivity index (χ1v) is 9.76. The molecule has 0 unspecified atom stereocenters. The molecule has 0 aliphatic heterocycles. The first kappa shape index (κ1) is 17.1. The summed E-state index contributed by atoms with van der Waals surface area (Å²) in [5.41, 5.74) is 1.79. The number of halogens is 1. The largest absolute Gasteiger partial charge is 0.485 e. The highest BCUT2D eigenvalue weighted by Crippen LogP contribution is 2.38. The Morgan fingerprint density at radius 2 is 1.96 bits per heavy atom. The highest BCUT2D eigenvalue weighted by molar-refractivity contribution is 9.10. The first-order valence-electron chi connectivity index (χ1n) is 8.97. The number of anilines is 2. The molecule has 5 rings (SSSR count). The van der Waals surface area contributed by atoms with Crippen molar-refractivity contribution in [2.24, 2.45) is 0 Å². The van der Waals surface area contributed by atoms with Crippen LogP contribution in [0.2, 0.25) is 0 Å². The number of rotatable bonds is 6. The van der Waals surface area contributed by atoms with Crippen LogP contribution in [0.15, 0.2) is 57.8 Å². The van der Waals surface area contributed by atoms with Gasteiger partial charge in [-0.2, -0.15) is 4.98 Å². The van der Waals surface area contributed by atoms with E-state index < -0.39 is 0 Å². The van der Waals surface area contributed by atoms with E-state index in [-0.39, 0.29) is 6.61 Å². The predicted octanol–water partition coefficient (Wildman–Crippen LogP) is 4.98. The summed E-state index contributed by atoms with van der Waals surface area (Å²) in [5.74, 6) is 3.23. The lowest BCUT2D eigenvalue weighted by atomic mass is 10.2. The van der Waals surface area contributed by atoms with Gasteiger partial charge in [-0.05, 0) is 55.3 Å². The van der Waals surface area contributed by atoms with E-state index in [1.54, 1.807) is 6.33 Å². The predicted molar refractivity (Wildman–Crippen MR) is 108 cm³/mol. The molecule has 28 heavy (non-hydrogen) atoms. The Bertz CT molecular complexity index is 1130. The first-order chi connectivity index (χ1) is 13.7. The van der Waals surface area contributed by atoms with Crippen molar-refractivity contribution in [3.63, 3.8) is 0 Å². The van der Waals surface area contributed by atoms with Crippen LogP contribution in [0.3, 0.4) is 0 Å². The van der Waals surface area contributed by atoms with E-state index in [0.717, 1.165) is 51.4 Å². The molecule has 0 bridgehead atoms. The molecule has 8 heteroatoms. The molecule has 7 nitrogen and oxygen atoms in total. The fourth-order valence-electron chi connectivity index (χ4n) is 2.87. The molecule has 1 saturated carbocycles. The van der Waals surface area contributed by atoms with Gasteiger partial charge in [-0.1, -0.05) is 21.1 Å². The van der Waals surface area contributed by atoms with Crippen LogP contribution in [0.25, 0.3) is 10.9 Å². The molecule has 4 aromatic rings. The monoisotopic (exact) mass is 437 g/mol. The Kier molecular flexibility index (Phi) is 4.40. The number of fused-ring (bicyclic) bond motifs is 1. The Morgan fingerprint density at radius 3 is 2.79 bits per heavy atom. The molecule has 0 atom stereocenters. The van der Waals surface area contributed by atoms with Crippen molar-refractivity contribution in [2.45, 2.75) is 25.4 Å². The summed E-state index contributed by atoms with van der Waals surface area (Å²) in [6.45, 7) is 0.285. The van der Waals surface area contributed by atoms with Crippen LogP contribution in [-0.4, -0.2) is 20.1 Å². The zero-order valence-corrected chi connectivity index (χ0v) is 16.4. The summed E-state index contributed by atoms with van der Waals surface area (Å²) >= 11 is 3.49.